The number of hydrogen-bond acceptors (Lipinski definition) is 6. The largest absolute Gasteiger partial charge is 0.493 e. The van der Waals surface area contributed by atoms with Crippen LogP contribution in [-0.2, 0) is 0 Å². The summed E-state index contributed by atoms with van der Waals surface area (Å²) >= 11 is 0. The van der Waals surface area contributed by atoms with Crippen LogP contribution in [0.25, 0.3) is 0 Å². The number of hydrogen-bond donors (Lipinski definition) is 1. The summed E-state index contributed by atoms with van der Waals surface area (Å²) in [6.07, 6.45) is 4.40. The number of nitriles is 1. The molecular weight excluding hydrogens is 316 g/mol. The van der Waals surface area contributed by atoms with Crippen LogP contribution in [0.4, 0.5) is 5.88 Å². The van der Waals surface area contributed by atoms with Crippen molar-refractivity contribution in [1.82, 2.24) is 4.98 Å². The van der Waals surface area contributed by atoms with Crippen molar-refractivity contribution >= 4 is 12.1 Å². The second-order valence-electron chi connectivity index (χ2n) is 5.61. The van der Waals surface area contributed by atoms with Crippen molar-refractivity contribution in [2.75, 3.05) is 12.0 Å². The summed E-state index contributed by atoms with van der Waals surface area (Å²) in [6, 6.07) is 9.69. The van der Waals surface area contributed by atoms with E-state index in [1.165, 1.54) is 0 Å². The van der Waals surface area contributed by atoms with Crippen molar-refractivity contribution in [3.63, 3.8) is 0 Å². The fourth-order valence-corrected chi connectivity index (χ4v) is 2.39. The molecule has 6 nitrogen and oxygen atoms in total. The Balaban J connectivity index is 2.13. The molecule has 0 saturated heterocycles. The zero-order valence-electron chi connectivity index (χ0n) is 15.0. The van der Waals surface area contributed by atoms with Crippen LogP contribution in [0.15, 0.2) is 33.8 Å². The molecule has 0 unspecified atom stereocenters. The highest BCUT2D eigenvalue weighted by Gasteiger charge is 2.18. The molecule has 0 spiro atoms. The van der Waals surface area contributed by atoms with Crippen LogP contribution < -0.4 is 10.2 Å². The summed E-state index contributed by atoms with van der Waals surface area (Å²) in [7, 11) is 0. The second-order valence-corrected chi connectivity index (χ2v) is 5.61. The average molecular weight is 340 g/mol. The monoisotopic (exact) mass is 340 g/mol. The SMILES string of the molecule is CCCOc1ccccc1C=NNc1oc(C(CC)CC)nc1C#N. The number of oxazole rings is 1. The van der Waals surface area contributed by atoms with Crippen molar-refractivity contribution in [3.05, 3.63) is 41.4 Å². The Morgan fingerprint density at radius 2 is 2.08 bits per heavy atom. The number of benzene rings is 1. The zero-order chi connectivity index (χ0) is 18.1. The molecule has 0 aliphatic rings. The first-order chi connectivity index (χ1) is 12.2. The van der Waals surface area contributed by atoms with Crippen LogP contribution in [0.1, 0.15) is 63.1 Å². The molecule has 0 radical (unpaired) electrons. The minimum absolute atomic E-state index is 0.204. The number of rotatable bonds is 9. The standard InChI is InChI=1S/C19H24N4O2/c1-4-11-24-17-10-8-7-9-15(17)13-21-23-19-16(12-20)22-18(25-19)14(5-2)6-3/h7-10,13-14,23H,4-6,11H2,1-3H3. The van der Waals surface area contributed by atoms with Gasteiger partial charge in [-0.3, -0.25) is 0 Å². The molecule has 0 atom stereocenters. The van der Waals surface area contributed by atoms with E-state index in [9.17, 15) is 5.26 Å². The van der Waals surface area contributed by atoms with Crippen molar-refractivity contribution in [2.24, 2.45) is 5.10 Å². The lowest BCUT2D eigenvalue weighted by Crippen LogP contribution is -1.99. The van der Waals surface area contributed by atoms with E-state index >= 15 is 0 Å². The molecule has 0 amide bonds. The highest BCUT2D eigenvalue weighted by molar-refractivity contribution is 5.83. The summed E-state index contributed by atoms with van der Waals surface area (Å²) < 4.78 is 11.4. The highest BCUT2D eigenvalue weighted by atomic mass is 16.5. The van der Waals surface area contributed by atoms with E-state index in [-0.39, 0.29) is 17.5 Å². The van der Waals surface area contributed by atoms with Crippen molar-refractivity contribution in [2.45, 2.75) is 46.0 Å². The van der Waals surface area contributed by atoms with E-state index in [4.69, 9.17) is 9.15 Å². The van der Waals surface area contributed by atoms with Gasteiger partial charge in [0.05, 0.1) is 12.8 Å². The second kappa shape index (κ2) is 9.48. The maximum atomic E-state index is 9.23. The van der Waals surface area contributed by atoms with Gasteiger partial charge in [-0.05, 0) is 31.4 Å². The fourth-order valence-electron chi connectivity index (χ4n) is 2.39. The van der Waals surface area contributed by atoms with E-state index in [1.54, 1.807) is 6.21 Å². The summed E-state index contributed by atoms with van der Waals surface area (Å²) in [5, 5.41) is 13.4. The predicted molar refractivity (Wildman–Crippen MR) is 98.0 cm³/mol. The summed E-state index contributed by atoms with van der Waals surface area (Å²) in [5.41, 5.74) is 3.85. The van der Waals surface area contributed by atoms with Crippen LogP contribution in [0, 0.1) is 11.3 Å². The number of para-hydroxylation sites is 1. The van der Waals surface area contributed by atoms with Gasteiger partial charge >= 0.3 is 0 Å². The van der Waals surface area contributed by atoms with Gasteiger partial charge in [0.2, 0.25) is 11.6 Å². The Morgan fingerprint density at radius 3 is 2.76 bits per heavy atom. The Bertz CT molecular complexity index is 742. The summed E-state index contributed by atoms with van der Waals surface area (Å²) in [4.78, 5) is 4.27. The molecule has 2 rings (SSSR count). The highest BCUT2D eigenvalue weighted by Crippen LogP contribution is 2.27. The minimum atomic E-state index is 0.204. The number of hydrazone groups is 1. The molecule has 0 fully saturated rings. The van der Waals surface area contributed by atoms with Gasteiger partial charge in [0.15, 0.2) is 0 Å². The number of anilines is 1. The van der Waals surface area contributed by atoms with Crippen LogP contribution >= 0.6 is 0 Å². The summed E-state index contributed by atoms with van der Waals surface area (Å²) in [5.74, 6) is 1.82. The Morgan fingerprint density at radius 1 is 1.32 bits per heavy atom. The van der Waals surface area contributed by atoms with Crippen LogP contribution in [-0.4, -0.2) is 17.8 Å². The van der Waals surface area contributed by atoms with Gasteiger partial charge in [-0.25, -0.2) is 10.4 Å². The topological polar surface area (TPSA) is 83.4 Å². The number of ether oxygens (including phenoxy) is 1. The number of nitrogens with one attached hydrogen (secondary N) is 1. The quantitative estimate of drug-likeness (QED) is 0.529. The predicted octanol–water partition coefficient (Wildman–Crippen LogP) is 4.68. The number of aromatic nitrogens is 1. The average Bonchev–Trinajstić information content (AvgIpc) is 3.05. The third-order valence-corrected chi connectivity index (χ3v) is 3.83. The Kier molecular flexibility index (Phi) is 7.02. The van der Waals surface area contributed by atoms with Gasteiger partial charge in [0, 0.05) is 11.5 Å². The maximum Gasteiger partial charge on any atom is 0.252 e. The molecule has 1 heterocycles. The van der Waals surface area contributed by atoms with Crippen LogP contribution in [0.3, 0.4) is 0 Å². The van der Waals surface area contributed by atoms with Gasteiger partial charge in [-0.1, -0.05) is 32.9 Å². The zero-order valence-corrected chi connectivity index (χ0v) is 15.0. The molecule has 132 valence electrons. The minimum Gasteiger partial charge on any atom is -0.493 e. The van der Waals surface area contributed by atoms with Gasteiger partial charge < -0.3 is 9.15 Å². The van der Waals surface area contributed by atoms with Crippen molar-refractivity contribution in [1.29, 1.82) is 5.26 Å². The molecule has 2 aromatic rings. The van der Waals surface area contributed by atoms with Gasteiger partial charge in [0.1, 0.15) is 11.8 Å². The first-order valence-corrected chi connectivity index (χ1v) is 8.65. The fraction of sp³-hybridized carbons (Fsp3) is 0.421. The third-order valence-electron chi connectivity index (χ3n) is 3.83. The normalized spacial score (nSPS) is 11.0. The van der Waals surface area contributed by atoms with Crippen molar-refractivity contribution < 1.29 is 9.15 Å². The lowest BCUT2D eigenvalue weighted by molar-refractivity contribution is 0.317. The molecule has 0 aliphatic heterocycles. The molecule has 1 N–H and O–H groups in total. The van der Waals surface area contributed by atoms with Crippen LogP contribution in [0.5, 0.6) is 5.75 Å². The van der Waals surface area contributed by atoms with E-state index in [1.807, 2.05) is 30.3 Å². The van der Waals surface area contributed by atoms with Gasteiger partial charge in [0.25, 0.3) is 5.88 Å². The Hall–Kier alpha value is -2.81. The molecule has 6 heteroatoms. The molecule has 1 aromatic carbocycles. The first-order valence-electron chi connectivity index (χ1n) is 8.65. The Labute approximate surface area is 148 Å². The van der Waals surface area contributed by atoms with E-state index < -0.39 is 0 Å². The molecule has 0 saturated carbocycles. The third kappa shape index (κ3) is 4.83. The molecule has 0 aliphatic carbocycles. The van der Waals surface area contributed by atoms with E-state index in [2.05, 4.69) is 36.3 Å². The molecule has 1 aromatic heterocycles. The van der Waals surface area contributed by atoms with Gasteiger partial charge in [-0.15, -0.1) is 0 Å². The summed E-state index contributed by atoms with van der Waals surface area (Å²) in [6.45, 7) is 6.85. The van der Waals surface area contributed by atoms with Crippen LogP contribution in [0.2, 0.25) is 0 Å². The van der Waals surface area contributed by atoms with E-state index in [0.717, 1.165) is 30.6 Å². The van der Waals surface area contributed by atoms with Crippen molar-refractivity contribution in [3.8, 4) is 11.8 Å². The smallest absolute Gasteiger partial charge is 0.252 e. The first kappa shape index (κ1) is 18.5. The molecule has 0 bridgehead atoms. The van der Waals surface area contributed by atoms with Gasteiger partial charge in [-0.2, -0.15) is 10.4 Å². The number of nitrogens with zero attached hydrogens (tertiary/aromatic N) is 3. The molecular formula is C19H24N4O2. The van der Waals surface area contributed by atoms with E-state index in [0.29, 0.717) is 12.5 Å². The lowest BCUT2D eigenvalue weighted by Gasteiger charge is -2.07. The maximum absolute atomic E-state index is 9.23. The lowest BCUT2D eigenvalue weighted by atomic mass is 10.0. The molecule has 25 heavy (non-hydrogen) atoms.